The van der Waals surface area contributed by atoms with E-state index in [9.17, 15) is 4.79 Å². The van der Waals surface area contributed by atoms with Crippen LogP contribution in [0.5, 0.6) is 0 Å². The first kappa shape index (κ1) is 19.2. The minimum absolute atomic E-state index is 0.0462. The Morgan fingerprint density at radius 1 is 1.31 bits per heavy atom. The zero-order valence-corrected chi connectivity index (χ0v) is 17.1. The van der Waals surface area contributed by atoms with E-state index in [0.717, 1.165) is 29.7 Å². The number of rotatable bonds is 5. The predicted molar refractivity (Wildman–Crippen MR) is 108 cm³/mol. The topological polar surface area (TPSA) is 89.1 Å². The third kappa shape index (κ3) is 4.01. The molecule has 0 saturated heterocycles. The van der Waals surface area contributed by atoms with Crippen molar-refractivity contribution in [2.24, 2.45) is 7.05 Å². The van der Waals surface area contributed by atoms with Gasteiger partial charge in [0.05, 0.1) is 6.54 Å². The molecule has 0 saturated carbocycles. The van der Waals surface area contributed by atoms with Gasteiger partial charge in [-0.25, -0.2) is 4.79 Å². The molecule has 1 aliphatic rings. The Morgan fingerprint density at radius 3 is 2.86 bits per heavy atom. The summed E-state index contributed by atoms with van der Waals surface area (Å²) in [6.45, 7) is 5.21. The summed E-state index contributed by atoms with van der Waals surface area (Å²) in [5, 5.41) is 11.8. The normalized spacial score (nSPS) is 14.5. The number of nitrogens with one attached hydrogen (secondary N) is 1. The van der Waals surface area contributed by atoms with Crippen molar-refractivity contribution in [1.82, 2.24) is 30.1 Å². The molecule has 0 radical (unpaired) electrons. The van der Waals surface area contributed by atoms with Crippen molar-refractivity contribution in [3.63, 3.8) is 0 Å². The predicted octanol–water partition coefficient (Wildman–Crippen LogP) is 2.93. The fourth-order valence-corrected chi connectivity index (χ4v) is 3.54. The van der Waals surface area contributed by atoms with Gasteiger partial charge >= 0.3 is 6.03 Å². The van der Waals surface area contributed by atoms with Gasteiger partial charge in [0, 0.05) is 43.7 Å². The van der Waals surface area contributed by atoms with Crippen LogP contribution in [0.25, 0.3) is 11.6 Å². The van der Waals surface area contributed by atoms with Crippen molar-refractivity contribution in [3.05, 3.63) is 53.0 Å². The molecule has 1 N–H and O–H groups in total. The van der Waals surface area contributed by atoms with Gasteiger partial charge in [0.1, 0.15) is 0 Å². The van der Waals surface area contributed by atoms with Gasteiger partial charge in [-0.05, 0) is 18.9 Å². The molecule has 0 spiro atoms. The Hall–Kier alpha value is -3.16. The van der Waals surface area contributed by atoms with Crippen molar-refractivity contribution in [2.45, 2.75) is 45.7 Å². The van der Waals surface area contributed by atoms with Gasteiger partial charge in [0.15, 0.2) is 11.5 Å². The third-order valence-corrected chi connectivity index (χ3v) is 5.39. The Balaban J connectivity index is 1.55. The first-order valence-electron chi connectivity index (χ1n) is 10.0. The first-order chi connectivity index (χ1) is 14.0. The second-order valence-electron chi connectivity index (χ2n) is 7.51. The molecule has 4 rings (SSSR count). The van der Waals surface area contributed by atoms with E-state index < -0.39 is 0 Å². The number of hydrogen-bond donors (Lipinski definition) is 1. The number of hydrogen-bond acceptors (Lipinski definition) is 5. The van der Waals surface area contributed by atoms with Gasteiger partial charge < -0.3 is 14.7 Å². The van der Waals surface area contributed by atoms with Crippen molar-refractivity contribution < 1.29 is 9.32 Å². The number of nitrogens with zero attached hydrogens (tertiary/aromatic N) is 5. The molecule has 0 bridgehead atoms. The highest BCUT2D eigenvalue weighted by Gasteiger charge is 2.29. The lowest BCUT2D eigenvalue weighted by Gasteiger charge is -2.28. The second-order valence-corrected chi connectivity index (χ2v) is 7.51. The van der Waals surface area contributed by atoms with Gasteiger partial charge in [-0.15, -0.1) is 0 Å². The molecule has 29 heavy (non-hydrogen) atoms. The van der Waals surface area contributed by atoms with Crippen molar-refractivity contribution in [1.29, 1.82) is 0 Å². The minimum Gasteiger partial charge on any atom is -0.336 e. The van der Waals surface area contributed by atoms with Gasteiger partial charge in [-0.2, -0.15) is 10.1 Å². The number of benzene rings is 1. The molecule has 8 heteroatoms. The number of carbonyl (C=O) groups excluding carboxylic acids is 1. The number of carbonyl (C=O) groups is 1. The Kier molecular flexibility index (Phi) is 5.33. The largest absolute Gasteiger partial charge is 0.336 e. The van der Waals surface area contributed by atoms with Crippen LogP contribution in [0.1, 0.15) is 42.9 Å². The van der Waals surface area contributed by atoms with E-state index in [1.165, 1.54) is 0 Å². The zero-order chi connectivity index (χ0) is 20.4. The molecule has 1 atom stereocenters. The third-order valence-electron chi connectivity index (χ3n) is 5.39. The number of amides is 2. The summed E-state index contributed by atoms with van der Waals surface area (Å²) in [6.07, 6.45) is 2.25. The molecule has 0 unspecified atom stereocenters. The Bertz CT molecular complexity index is 994. The molecule has 2 amide bonds. The molecule has 8 nitrogen and oxygen atoms in total. The highest BCUT2D eigenvalue weighted by Crippen LogP contribution is 2.29. The maximum Gasteiger partial charge on any atom is 0.317 e. The summed E-state index contributed by atoms with van der Waals surface area (Å²) in [5.41, 5.74) is 3.87. The maximum absolute atomic E-state index is 12.6. The molecule has 152 valence electrons. The minimum atomic E-state index is -0.0462. The van der Waals surface area contributed by atoms with Crippen LogP contribution in [0.2, 0.25) is 0 Å². The highest BCUT2D eigenvalue weighted by atomic mass is 16.5. The van der Waals surface area contributed by atoms with Crippen LogP contribution >= 0.6 is 0 Å². The monoisotopic (exact) mass is 394 g/mol. The Labute approximate surface area is 169 Å². The molecule has 3 aromatic rings. The van der Waals surface area contributed by atoms with E-state index in [-0.39, 0.29) is 12.1 Å². The molecule has 3 heterocycles. The number of aromatic nitrogens is 4. The summed E-state index contributed by atoms with van der Waals surface area (Å²) in [6, 6.07) is 10.1. The van der Waals surface area contributed by atoms with E-state index in [1.54, 1.807) is 0 Å². The van der Waals surface area contributed by atoms with Crippen LogP contribution in [0.3, 0.4) is 0 Å². The fraction of sp³-hybridized carbons (Fsp3) is 0.429. The maximum atomic E-state index is 12.6. The smallest absolute Gasteiger partial charge is 0.317 e. The summed E-state index contributed by atoms with van der Waals surface area (Å²) < 4.78 is 7.38. The lowest BCUT2D eigenvalue weighted by Crippen LogP contribution is -2.45. The standard InChI is InChI=1S/C21H26N6O2/c1-4-14(2)22-21(28)27-11-10-17-16(13-27)19(24-26(17)3)20-23-18(25-29-20)12-15-8-6-5-7-9-15/h5-9,14H,4,10-13H2,1-3H3,(H,22,28)/t14-/m0/s1. The van der Waals surface area contributed by atoms with Crippen LogP contribution in [0.15, 0.2) is 34.9 Å². The van der Waals surface area contributed by atoms with Gasteiger partial charge in [-0.3, -0.25) is 4.68 Å². The van der Waals surface area contributed by atoms with Gasteiger partial charge in [0.2, 0.25) is 0 Å². The van der Waals surface area contributed by atoms with Crippen molar-refractivity contribution >= 4 is 6.03 Å². The average molecular weight is 394 g/mol. The molecular formula is C21H26N6O2. The van der Waals surface area contributed by atoms with Crippen LogP contribution < -0.4 is 5.32 Å². The zero-order valence-electron chi connectivity index (χ0n) is 17.1. The molecule has 0 aliphatic carbocycles. The summed E-state index contributed by atoms with van der Waals surface area (Å²) in [5.74, 6) is 1.02. The van der Waals surface area contributed by atoms with Crippen molar-refractivity contribution in [2.75, 3.05) is 6.54 Å². The van der Waals surface area contributed by atoms with Crippen LogP contribution in [0, 0.1) is 0 Å². The first-order valence-corrected chi connectivity index (χ1v) is 10.0. The van der Waals surface area contributed by atoms with Crippen LogP contribution in [0.4, 0.5) is 4.79 Å². The number of fused-ring (bicyclic) bond motifs is 1. The van der Waals surface area contributed by atoms with Gasteiger partial charge in [0.25, 0.3) is 5.89 Å². The fourth-order valence-electron chi connectivity index (χ4n) is 3.54. The van der Waals surface area contributed by atoms with Crippen molar-refractivity contribution in [3.8, 4) is 11.6 Å². The number of aryl methyl sites for hydroxylation is 1. The summed E-state index contributed by atoms with van der Waals surface area (Å²) in [4.78, 5) is 19.0. The summed E-state index contributed by atoms with van der Waals surface area (Å²) >= 11 is 0. The van der Waals surface area contributed by atoms with E-state index >= 15 is 0 Å². The van der Waals surface area contributed by atoms with Crippen LogP contribution in [-0.2, 0) is 26.4 Å². The highest BCUT2D eigenvalue weighted by molar-refractivity contribution is 5.75. The molecule has 2 aromatic heterocycles. The lowest BCUT2D eigenvalue weighted by atomic mass is 10.1. The second kappa shape index (κ2) is 8.06. The lowest BCUT2D eigenvalue weighted by molar-refractivity contribution is 0.188. The molecule has 1 aromatic carbocycles. The van der Waals surface area contributed by atoms with E-state index in [2.05, 4.69) is 27.5 Å². The number of urea groups is 1. The van der Waals surface area contributed by atoms with Gasteiger partial charge in [-0.1, -0.05) is 42.4 Å². The molecule has 0 fully saturated rings. The average Bonchev–Trinajstić information content (AvgIpc) is 3.32. The molecule has 1 aliphatic heterocycles. The quantitative estimate of drug-likeness (QED) is 0.719. The van der Waals surface area contributed by atoms with Crippen LogP contribution in [-0.4, -0.2) is 43.4 Å². The van der Waals surface area contributed by atoms with E-state index in [1.807, 2.05) is 53.9 Å². The Morgan fingerprint density at radius 2 is 2.10 bits per heavy atom. The SMILES string of the molecule is CC[C@H](C)NC(=O)N1CCc2c(c(-c3nc(Cc4ccccc4)no3)nn2C)C1. The summed E-state index contributed by atoms with van der Waals surface area (Å²) in [7, 11) is 1.92. The molecular weight excluding hydrogens is 368 g/mol. The van der Waals surface area contributed by atoms with E-state index in [0.29, 0.717) is 36.9 Å². The van der Waals surface area contributed by atoms with E-state index in [4.69, 9.17) is 4.52 Å².